The van der Waals surface area contributed by atoms with E-state index >= 15 is 0 Å². The topological polar surface area (TPSA) is 40.7 Å². The smallest absolute Gasteiger partial charge is 0.123 e. The number of benzene rings is 1. The molecule has 0 aliphatic heterocycles. The zero-order valence-corrected chi connectivity index (χ0v) is 11.9. The second-order valence-electron chi connectivity index (χ2n) is 4.99. The molecule has 1 aromatic carbocycles. The Balaban J connectivity index is 1.90. The predicted molar refractivity (Wildman–Crippen MR) is 79.0 cm³/mol. The van der Waals surface area contributed by atoms with Crippen molar-refractivity contribution < 1.29 is 4.39 Å². The highest BCUT2D eigenvalue weighted by Gasteiger charge is 2.10. The molecular formula is C16H22FN3. The number of aromatic nitrogens is 2. The minimum Gasteiger partial charge on any atom is -0.349 e. The summed E-state index contributed by atoms with van der Waals surface area (Å²) in [5.74, 6) is 0.810. The van der Waals surface area contributed by atoms with Gasteiger partial charge in [-0.1, -0.05) is 31.9 Å². The Morgan fingerprint density at radius 1 is 1.30 bits per heavy atom. The van der Waals surface area contributed by atoms with Crippen molar-refractivity contribution in [3.8, 4) is 0 Å². The van der Waals surface area contributed by atoms with E-state index < -0.39 is 0 Å². The van der Waals surface area contributed by atoms with Gasteiger partial charge in [-0.2, -0.15) is 0 Å². The normalized spacial score (nSPS) is 12.5. The molecule has 0 radical (unpaired) electrons. The zero-order valence-electron chi connectivity index (χ0n) is 11.9. The summed E-state index contributed by atoms with van der Waals surface area (Å²) in [5.41, 5.74) is 1.15. The van der Waals surface area contributed by atoms with E-state index in [0.29, 0.717) is 0 Å². The summed E-state index contributed by atoms with van der Waals surface area (Å²) in [6.45, 7) is 3.05. The molecule has 1 unspecified atom stereocenters. The summed E-state index contributed by atoms with van der Waals surface area (Å²) in [5, 5.41) is 3.55. The maximum atomic E-state index is 13.0. The first kappa shape index (κ1) is 14.7. The highest BCUT2D eigenvalue weighted by Crippen LogP contribution is 2.19. The Morgan fingerprint density at radius 2 is 2.10 bits per heavy atom. The number of unbranched alkanes of at least 4 members (excludes halogenated alkanes) is 1. The molecule has 0 bridgehead atoms. The third-order valence-corrected chi connectivity index (χ3v) is 3.43. The molecule has 2 N–H and O–H groups in total. The van der Waals surface area contributed by atoms with Gasteiger partial charge in [0.05, 0.1) is 0 Å². The van der Waals surface area contributed by atoms with Crippen molar-refractivity contribution in [3.05, 3.63) is 53.9 Å². The van der Waals surface area contributed by atoms with Crippen LogP contribution < -0.4 is 5.32 Å². The molecule has 1 aromatic heterocycles. The number of nitrogens with one attached hydrogen (secondary N) is 2. The molecule has 1 heterocycles. The van der Waals surface area contributed by atoms with Gasteiger partial charge in [-0.3, -0.25) is 0 Å². The summed E-state index contributed by atoms with van der Waals surface area (Å²) < 4.78 is 13.0. The lowest BCUT2D eigenvalue weighted by molar-refractivity contribution is 0.481. The summed E-state index contributed by atoms with van der Waals surface area (Å²) >= 11 is 0. The van der Waals surface area contributed by atoms with E-state index in [-0.39, 0.29) is 11.9 Å². The highest BCUT2D eigenvalue weighted by atomic mass is 19.1. The largest absolute Gasteiger partial charge is 0.349 e. The quantitative estimate of drug-likeness (QED) is 0.772. The first-order chi connectivity index (χ1) is 9.79. The third kappa shape index (κ3) is 4.46. The predicted octanol–water partition coefficient (Wildman–Crippen LogP) is 3.61. The number of imidazole rings is 1. The summed E-state index contributed by atoms with van der Waals surface area (Å²) in [6, 6.07) is 7.08. The van der Waals surface area contributed by atoms with Crippen LogP contribution in [0.5, 0.6) is 0 Å². The monoisotopic (exact) mass is 275 g/mol. The molecule has 3 nitrogen and oxygen atoms in total. The van der Waals surface area contributed by atoms with Crippen molar-refractivity contribution >= 4 is 0 Å². The molecule has 20 heavy (non-hydrogen) atoms. The van der Waals surface area contributed by atoms with Crippen LogP contribution in [0.15, 0.2) is 36.7 Å². The number of halogens is 1. The van der Waals surface area contributed by atoms with Crippen molar-refractivity contribution in [3.63, 3.8) is 0 Å². The number of aromatic amines is 1. The average molecular weight is 275 g/mol. The molecule has 4 heteroatoms. The molecule has 108 valence electrons. The molecule has 1 atom stereocenters. The SMILES string of the molecule is CCCCC(NCCc1ncc[nH]1)c1ccc(F)cc1. The van der Waals surface area contributed by atoms with Gasteiger partial charge in [-0.15, -0.1) is 0 Å². The lowest BCUT2D eigenvalue weighted by Crippen LogP contribution is -2.24. The van der Waals surface area contributed by atoms with Crippen LogP contribution in [0.25, 0.3) is 0 Å². The summed E-state index contributed by atoms with van der Waals surface area (Å²) in [6.07, 6.45) is 7.87. The Morgan fingerprint density at radius 3 is 2.75 bits per heavy atom. The molecule has 0 spiro atoms. The summed E-state index contributed by atoms with van der Waals surface area (Å²) in [7, 11) is 0. The molecule has 0 saturated heterocycles. The van der Waals surface area contributed by atoms with Crippen LogP contribution in [0.3, 0.4) is 0 Å². The van der Waals surface area contributed by atoms with Crippen LogP contribution in [0.2, 0.25) is 0 Å². The maximum Gasteiger partial charge on any atom is 0.123 e. The van der Waals surface area contributed by atoms with Gasteiger partial charge >= 0.3 is 0 Å². The minimum absolute atomic E-state index is 0.182. The zero-order chi connectivity index (χ0) is 14.2. The molecular weight excluding hydrogens is 253 g/mol. The molecule has 0 aliphatic carbocycles. The van der Waals surface area contributed by atoms with Gasteiger partial charge in [-0.05, 0) is 24.1 Å². The highest BCUT2D eigenvalue weighted by molar-refractivity contribution is 5.19. The van der Waals surface area contributed by atoms with Crippen LogP contribution in [0.1, 0.15) is 43.6 Å². The van der Waals surface area contributed by atoms with E-state index in [1.165, 1.54) is 12.1 Å². The Hall–Kier alpha value is -1.68. The van der Waals surface area contributed by atoms with Gasteiger partial charge in [0.1, 0.15) is 11.6 Å². The van der Waals surface area contributed by atoms with Gasteiger partial charge in [0.2, 0.25) is 0 Å². The fourth-order valence-electron chi connectivity index (χ4n) is 2.29. The molecule has 0 aliphatic rings. The van der Waals surface area contributed by atoms with Gasteiger partial charge in [0.15, 0.2) is 0 Å². The molecule has 0 saturated carbocycles. The number of hydrogen-bond donors (Lipinski definition) is 2. The second-order valence-corrected chi connectivity index (χ2v) is 4.99. The molecule has 2 aromatic rings. The molecule has 0 amide bonds. The van der Waals surface area contributed by atoms with E-state index in [2.05, 4.69) is 22.2 Å². The van der Waals surface area contributed by atoms with Crippen molar-refractivity contribution in [2.75, 3.05) is 6.54 Å². The third-order valence-electron chi connectivity index (χ3n) is 3.43. The van der Waals surface area contributed by atoms with Gasteiger partial charge in [0.25, 0.3) is 0 Å². The van der Waals surface area contributed by atoms with Crippen molar-refractivity contribution in [2.45, 2.75) is 38.6 Å². The minimum atomic E-state index is -0.182. The van der Waals surface area contributed by atoms with Gasteiger partial charge in [-0.25, -0.2) is 9.37 Å². The van der Waals surface area contributed by atoms with E-state index in [1.54, 1.807) is 6.20 Å². The van der Waals surface area contributed by atoms with E-state index in [4.69, 9.17) is 0 Å². The Labute approximate surface area is 119 Å². The van der Waals surface area contributed by atoms with E-state index in [0.717, 1.165) is 43.6 Å². The Bertz CT molecular complexity index is 479. The lowest BCUT2D eigenvalue weighted by atomic mass is 10.0. The first-order valence-corrected chi connectivity index (χ1v) is 7.26. The number of hydrogen-bond acceptors (Lipinski definition) is 2. The van der Waals surface area contributed by atoms with Gasteiger partial charge < -0.3 is 10.3 Å². The number of H-pyrrole nitrogens is 1. The molecule has 2 rings (SSSR count). The maximum absolute atomic E-state index is 13.0. The number of nitrogens with zero attached hydrogens (tertiary/aromatic N) is 1. The fourth-order valence-corrected chi connectivity index (χ4v) is 2.29. The van der Waals surface area contributed by atoms with Crippen LogP contribution in [-0.4, -0.2) is 16.5 Å². The van der Waals surface area contributed by atoms with Gasteiger partial charge in [0, 0.05) is 31.4 Å². The molecule has 0 fully saturated rings. The van der Waals surface area contributed by atoms with E-state index in [9.17, 15) is 4.39 Å². The van der Waals surface area contributed by atoms with Crippen LogP contribution in [0, 0.1) is 5.82 Å². The Kier molecular flexibility index (Phi) is 5.74. The van der Waals surface area contributed by atoms with Crippen LogP contribution in [-0.2, 0) is 6.42 Å². The second kappa shape index (κ2) is 7.80. The van der Waals surface area contributed by atoms with Crippen molar-refractivity contribution in [2.24, 2.45) is 0 Å². The van der Waals surface area contributed by atoms with Crippen molar-refractivity contribution in [1.82, 2.24) is 15.3 Å². The van der Waals surface area contributed by atoms with Crippen LogP contribution >= 0.6 is 0 Å². The van der Waals surface area contributed by atoms with E-state index in [1.807, 2.05) is 18.3 Å². The standard InChI is InChI=1S/C16H22FN3/c1-2-3-4-15(13-5-7-14(17)8-6-13)18-10-9-16-19-11-12-20-16/h5-8,11-12,15,18H,2-4,9-10H2,1H3,(H,19,20). The lowest BCUT2D eigenvalue weighted by Gasteiger charge is -2.19. The van der Waals surface area contributed by atoms with Crippen LogP contribution in [0.4, 0.5) is 4.39 Å². The first-order valence-electron chi connectivity index (χ1n) is 7.26. The summed E-state index contributed by atoms with van der Waals surface area (Å²) in [4.78, 5) is 7.32. The van der Waals surface area contributed by atoms with Crippen molar-refractivity contribution in [1.29, 1.82) is 0 Å². The number of rotatable bonds is 8. The average Bonchev–Trinajstić information content (AvgIpc) is 2.97. The fraction of sp³-hybridized carbons (Fsp3) is 0.438.